The van der Waals surface area contributed by atoms with Crippen LogP contribution in [0.25, 0.3) is 16.5 Å². The summed E-state index contributed by atoms with van der Waals surface area (Å²) < 4.78 is 33.2. The molecular formula is C22H13F2NO3. The van der Waals surface area contributed by atoms with Gasteiger partial charge in [-0.2, -0.15) is 0 Å². The minimum absolute atomic E-state index is 0.129. The molecule has 6 heteroatoms. The number of hydrogen-bond donors (Lipinski definition) is 0. The molecule has 28 heavy (non-hydrogen) atoms. The van der Waals surface area contributed by atoms with E-state index in [1.165, 1.54) is 53.2 Å². The highest BCUT2D eigenvalue weighted by molar-refractivity contribution is 6.04. The molecule has 4 nitrogen and oxygen atoms in total. The molecule has 0 amide bonds. The Hall–Kier alpha value is -3.80. The van der Waals surface area contributed by atoms with Crippen molar-refractivity contribution in [2.75, 3.05) is 0 Å². The van der Waals surface area contributed by atoms with Crippen LogP contribution in [0.1, 0.15) is 10.4 Å². The second-order valence-electron chi connectivity index (χ2n) is 6.09. The van der Waals surface area contributed by atoms with Crippen LogP contribution >= 0.6 is 0 Å². The van der Waals surface area contributed by atoms with Crippen molar-refractivity contribution in [3.63, 3.8) is 0 Å². The van der Waals surface area contributed by atoms with Crippen LogP contribution in [0, 0.1) is 11.6 Å². The molecule has 0 atom stereocenters. The van der Waals surface area contributed by atoms with Gasteiger partial charge in [0.05, 0.1) is 11.3 Å². The van der Waals surface area contributed by atoms with Crippen LogP contribution in [0.4, 0.5) is 8.78 Å². The largest absolute Gasteiger partial charge is 0.423 e. The number of carbonyl (C=O) groups is 1. The van der Waals surface area contributed by atoms with Crippen molar-refractivity contribution in [2.24, 2.45) is 0 Å². The van der Waals surface area contributed by atoms with E-state index >= 15 is 0 Å². The number of benzene rings is 3. The van der Waals surface area contributed by atoms with Crippen LogP contribution in [0.2, 0.25) is 0 Å². The van der Waals surface area contributed by atoms with Gasteiger partial charge in [0.1, 0.15) is 17.4 Å². The molecule has 0 saturated heterocycles. The zero-order valence-electron chi connectivity index (χ0n) is 14.4. The number of carbonyl (C=O) groups excluding carboxylic acids is 1. The topological polar surface area (TPSA) is 48.3 Å². The van der Waals surface area contributed by atoms with Gasteiger partial charge in [-0.25, -0.2) is 13.6 Å². The second-order valence-corrected chi connectivity index (χ2v) is 6.09. The van der Waals surface area contributed by atoms with Crippen molar-refractivity contribution < 1.29 is 18.3 Å². The first kappa shape index (κ1) is 17.6. The number of ether oxygens (including phenoxy) is 1. The predicted molar refractivity (Wildman–Crippen MR) is 101 cm³/mol. The Morgan fingerprint density at radius 1 is 0.821 bits per heavy atom. The molecule has 0 aliphatic heterocycles. The third-order valence-corrected chi connectivity index (χ3v) is 4.26. The van der Waals surface area contributed by atoms with Crippen molar-refractivity contribution in [1.29, 1.82) is 0 Å². The van der Waals surface area contributed by atoms with Gasteiger partial charge in [0.25, 0.3) is 5.56 Å². The molecule has 4 aromatic rings. The van der Waals surface area contributed by atoms with Gasteiger partial charge in [-0.15, -0.1) is 0 Å². The van der Waals surface area contributed by atoms with Gasteiger partial charge < -0.3 is 4.74 Å². The van der Waals surface area contributed by atoms with Crippen LogP contribution in [-0.2, 0) is 0 Å². The Bertz CT molecular complexity index is 1250. The maximum absolute atomic E-state index is 13.6. The lowest BCUT2D eigenvalue weighted by Crippen LogP contribution is -2.22. The van der Waals surface area contributed by atoms with Crippen molar-refractivity contribution in [3.05, 3.63) is 107 Å². The van der Waals surface area contributed by atoms with Crippen molar-refractivity contribution >= 4 is 16.7 Å². The zero-order valence-corrected chi connectivity index (χ0v) is 14.4. The molecule has 0 aliphatic rings. The maximum atomic E-state index is 13.6. The highest BCUT2D eigenvalue weighted by Crippen LogP contribution is 2.21. The maximum Gasteiger partial charge on any atom is 0.345 e. The van der Waals surface area contributed by atoms with E-state index < -0.39 is 17.6 Å². The minimum atomic E-state index is -0.715. The lowest BCUT2D eigenvalue weighted by atomic mass is 10.1. The van der Waals surface area contributed by atoms with Crippen LogP contribution in [0.3, 0.4) is 0 Å². The number of pyridine rings is 1. The molecule has 1 aromatic heterocycles. The third kappa shape index (κ3) is 3.27. The molecule has 0 fully saturated rings. The number of fused-ring (bicyclic) bond motifs is 1. The van der Waals surface area contributed by atoms with Crippen molar-refractivity contribution in [1.82, 2.24) is 4.57 Å². The summed E-state index contributed by atoms with van der Waals surface area (Å²) in [5.74, 6) is -1.51. The molecule has 0 N–H and O–H groups in total. The molecular weight excluding hydrogens is 364 g/mol. The minimum Gasteiger partial charge on any atom is -0.423 e. The van der Waals surface area contributed by atoms with Gasteiger partial charge in [0.15, 0.2) is 0 Å². The Morgan fingerprint density at radius 2 is 1.54 bits per heavy atom. The Labute approximate surface area is 158 Å². The van der Waals surface area contributed by atoms with E-state index in [2.05, 4.69) is 0 Å². The molecule has 0 unspecified atom stereocenters. The number of nitrogens with zero attached hydrogens (tertiary/aromatic N) is 1. The smallest absolute Gasteiger partial charge is 0.345 e. The summed E-state index contributed by atoms with van der Waals surface area (Å²) in [7, 11) is 0. The lowest BCUT2D eigenvalue weighted by molar-refractivity contribution is 0.0736. The summed E-state index contributed by atoms with van der Waals surface area (Å²) in [4.78, 5) is 25.6. The van der Waals surface area contributed by atoms with Crippen molar-refractivity contribution in [2.45, 2.75) is 0 Å². The van der Waals surface area contributed by atoms with E-state index in [1.54, 1.807) is 30.3 Å². The van der Waals surface area contributed by atoms with Gasteiger partial charge >= 0.3 is 5.97 Å². The van der Waals surface area contributed by atoms with Crippen LogP contribution in [0.15, 0.2) is 83.8 Å². The third-order valence-electron chi connectivity index (χ3n) is 4.26. The molecule has 0 aliphatic carbocycles. The molecule has 1 heterocycles. The summed E-state index contributed by atoms with van der Waals surface area (Å²) in [5, 5.41) is 0.701. The van der Waals surface area contributed by atoms with Gasteiger partial charge in [0.2, 0.25) is 0 Å². The monoisotopic (exact) mass is 377 g/mol. The molecule has 0 radical (unpaired) electrons. The molecule has 138 valence electrons. The van der Waals surface area contributed by atoms with E-state index in [1.807, 2.05) is 0 Å². The van der Waals surface area contributed by atoms with Crippen molar-refractivity contribution in [3.8, 4) is 11.4 Å². The number of halogens is 2. The second kappa shape index (κ2) is 7.08. The molecule has 0 bridgehead atoms. The van der Waals surface area contributed by atoms with E-state index in [9.17, 15) is 18.4 Å². The molecule has 0 saturated carbocycles. The highest BCUT2D eigenvalue weighted by atomic mass is 19.1. The normalized spacial score (nSPS) is 10.8. The quantitative estimate of drug-likeness (QED) is 0.390. The van der Waals surface area contributed by atoms with Gasteiger partial charge in [0, 0.05) is 17.0 Å². The first-order valence-electron chi connectivity index (χ1n) is 8.41. The van der Waals surface area contributed by atoms with Gasteiger partial charge in [-0.05, 0) is 48.5 Å². The van der Waals surface area contributed by atoms with Gasteiger partial charge in [-0.3, -0.25) is 9.36 Å². The molecule has 0 spiro atoms. The zero-order chi connectivity index (χ0) is 19.7. The Balaban J connectivity index is 1.87. The Kier molecular flexibility index (Phi) is 4.45. The fourth-order valence-electron chi connectivity index (χ4n) is 2.94. The first-order chi connectivity index (χ1) is 13.5. The van der Waals surface area contributed by atoms with Crippen LogP contribution < -0.4 is 10.3 Å². The van der Waals surface area contributed by atoms with Gasteiger partial charge in [-0.1, -0.05) is 24.3 Å². The van der Waals surface area contributed by atoms with E-state index in [-0.39, 0.29) is 22.6 Å². The predicted octanol–water partition coefficient (Wildman–Crippen LogP) is 4.49. The summed E-state index contributed by atoms with van der Waals surface area (Å²) >= 11 is 0. The fraction of sp³-hybridized carbons (Fsp3) is 0. The average Bonchev–Trinajstić information content (AvgIpc) is 2.70. The number of rotatable bonds is 3. The van der Waals surface area contributed by atoms with Crippen LogP contribution in [0.5, 0.6) is 5.75 Å². The fourth-order valence-corrected chi connectivity index (χ4v) is 2.94. The highest BCUT2D eigenvalue weighted by Gasteiger charge is 2.17. The number of aromatic nitrogens is 1. The SMILES string of the molecule is O=C(Oc1ccc(F)cc1)c1cn(-c2cccc(F)c2)c(=O)c2ccccc12. The number of esters is 1. The van der Waals surface area contributed by atoms with E-state index in [4.69, 9.17) is 4.74 Å². The Morgan fingerprint density at radius 3 is 2.25 bits per heavy atom. The summed E-state index contributed by atoms with van der Waals surface area (Å²) in [6.07, 6.45) is 1.32. The summed E-state index contributed by atoms with van der Waals surface area (Å²) in [5.41, 5.74) is 0.0231. The standard InChI is InChI=1S/C22H13F2NO3/c23-14-8-10-17(11-9-14)28-22(27)20-13-25(16-5-3-4-15(24)12-16)21(26)19-7-2-1-6-18(19)20/h1-13H. The van der Waals surface area contributed by atoms with E-state index in [0.29, 0.717) is 10.8 Å². The summed E-state index contributed by atoms with van der Waals surface area (Å²) in [6.45, 7) is 0. The number of hydrogen-bond acceptors (Lipinski definition) is 3. The summed E-state index contributed by atoms with van der Waals surface area (Å²) in [6, 6.07) is 17.1. The lowest BCUT2D eigenvalue weighted by Gasteiger charge is -2.12. The average molecular weight is 377 g/mol. The van der Waals surface area contributed by atoms with Crippen LogP contribution in [-0.4, -0.2) is 10.5 Å². The first-order valence-corrected chi connectivity index (χ1v) is 8.41. The molecule has 4 rings (SSSR count). The molecule has 3 aromatic carbocycles. The van der Waals surface area contributed by atoms with E-state index in [0.717, 1.165) is 0 Å².